The van der Waals surface area contributed by atoms with Crippen molar-refractivity contribution in [3.05, 3.63) is 65.2 Å². The molecule has 0 spiro atoms. The molecule has 4 amide bonds. The molecule has 0 bridgehead atoms. The van der Waals surface area contributed by atoms with Gasteiger partial charge in [0.05, 0.1) is 70.8 Å². The SMILES string of the molecule is CNC(=O)[C@@H](NC(=O)CCOCCOCCOCCOCCNC(=O)CCC(=O)N1Cc2ccccc2C(=N)C(=NN)c2ccccc21)C(C)C. The summed E-state index contributed by atoms with van der Waals surface area (Å²) in [7, 11) is 1.54. The van der Waals surface area contributed by atoms with Crippen LogP contribution < -0.4 is 26.7 Å². The third kappa shape index (κ3) is 13.2. The molecule has 1 heterocycles. The van der Waals surface area contributed by atoms with E-state index in [9.17, 15) is 19.2 Å². The Morgan fingerprint density at radius 2 is 1.39 bits per heavy atom. The molecule has 15 nitrogen and oxygen atoms in total. The van der Waals surface area contributed by atoms with Crippen LogP contribution in [0.15, 0.2) is 53.6 Å². The number of nitrogens with one attached hydrogen (secondary N) is 4. The van der Waals surface area contributed by atoms with Gasteiger partial charge in [0.2, 0.25) is 23.6 Å². The smallest absolute Gasteiger partial charge is 0.242 e. The first-order valence-electron chi connectivity index (χ1n) is 17.1. The summed E-state index contributed by atoms with van der Waals surface area (Å²) in [5.74, 6) is 4.71. The molecular formula is C36H51N7O8. The summed E-state index contributed by atoms with van der Waals surface area (Å²) < 4.78 is 21.9. The Balaban J connectivity index is 1.23. The predicted octanol–water partition coefficient (Wildman–Crippen LogP) is 1.50. The van der Waals surface area contributed by atoms with Crippen LogP contribution in [0, 0.1) is 11.3 Å². The third-order valence-electron chi connectivity index (χ3n) is 7.97. The number of nitrogens with zero attached hydrogens (tertiary/aromatic N) is 2. The molecule has 0 saturated carbocycles. The molecule has 6 N–H and O–H groups in total. The van der Waals surface area contributed by atoms with E-state index in [0.717, 1.165) is 5.56 Å². The van der Waals surface area contributed by atoms with Crippen LogP contribution in [0.3, 0.4) is 0 Å². The van der Waals surface area contributed by atoms with Crippen LogP contribution in [0.25, 0.3) is 0 Å². The number of carbonyl (C=O) groups excluding carboxylic acids is 4. The summed E-state index contributed by atoms with van der Waals surface area (Å²) in [5, 5.41) is 20.6. The first kappa shape index (κ1) is 40.7. The lowest BCUT2D eigenvalue weighted by atomic mass is 9.92. The summed E-state index contributed by atoms with van der Waals surface area (Å²) in [6, 6.07) is 14.0. The number of hydrogen-bond donors (Lipinski definition) is 5. The molecule has 2 aromatic carbocycles. The van der Waals surface area contributed by atoms with E-state index in [0.29, 0.717) is 69.6 Å². The van der Waals surface area contributed by atoms with E-state index in [1.54, 1.807) is 23.1 Å². The molecule has 0 aliphatic carbocycles. The van der Waals surface area contributed by atoms with Crippen molar-refractivity contribution in [3.63, 3.8) is 0 Å². The number of ether oxygens (including phenoxy) is 4. The van der Waals surface area contributed by atoms with Crippen molar-refractivity contribution < 1.29 is 38.1 Å². The van der Waals surface area contributed by atoms with Crippen molar-refractivity contribution in [2.45, 2.75) is 45.7 Å². The lowest BCUT2D eigenvalue weighted by Gasteiger charge is -2.29. The molecular weight excluding hydrogens is 658 g/mol. The Labute approximate surface area is 299 Å². The van der Waals surface area contributed by atoms with Crippen molar-refractivity contribution in [3.8, 4) is 0 Å². The molecule has 15 heteroatoms. The number of anilines is 1. The van der Waals surface area contributed by atoms with Crippen LogP contribution in [0.2, 0.25) is 0 Å². The maximum absolute atomic E-state index is 13.5. The van der Waals surface area contributed by atoms with Crippen molar-refractivity contribution >= 4 is 40.7 Å². The van der Waals surface area contributed by atoms with Crippen LogP contribution in [-0.4, -0.2) is 108 Å². The van der Waals surface area contributed by atoms with E-state index in [1.807, 2.05) is 44.2 Å². The Kier molecular flexibility index (Phi) is 17.7. The highest BCUT2D eigenvalue weighted by Crippen LogP contribution is 2.29. The van der Waals surface area contributed by atoms with Crippen LogP contribution in [-0.2, 0) is 44.7 Å². The zero-order valence-electron chi connectivity index (χ0n) is 29.7. The molecule has 0 aromatic heterocycles. The lowest BCUT2D eigenvalue weighted by Crippen LogP contribution is -2.48. The fourth-order valence-electron chi connectivity index (χ4n) is 5.25. The molecule has 1 atom stereocenters. The Hall–Kier alpha value is -4.70. The quantitative estimate of drug-likeness (QED) is 0.0722. The van der Waals surface area contributed by atoms with Crippen molar-refractivity contribution in [2.75, 3.05) is 71.3 Å². The zero-order valence-corrected chi connectivity index (χ0v) is 29.7. The van der Waals surface area contributed by atoms with E-state index in [-0.39, 0.29) is 73.4 Å². The number of hydrogen-bond acceptors (Lipinski definition) is 11. The zero-order chi connectivity index (χ0) is 37.0. The number of para-hydroxylation sites is 1. The fourth-order valence-corrected chi connectivity index (χ4v) is 5.25. The first-order chi connectivity index (χ1) is 24.7. The minimum atomic E-state index is -0.576. The minimum Gasteiger partial charge on any atom is -0.379 e. The van der Waals surface area contributed by atoms with Gasteiger partial charge in [-0.25, -0.2) is 0 Å². The van der Waals surface area contributed by atoms with E-state index < -0.39 is 6.04 Å². The molecule has 2 aromatic rings. The molecule has 0 radical (unpaired) electrons. The van der Waals surface area contributed by atoms with Gasteiger partial charge < -0.3 is 45.6 Å². The minimum absolute atomic E-state index is 0.00581. The van der Waals surface area contributed by atoms with E-state index in [1.165, 1.54) is 7.05 Å². The summed E-state index contributed by atoms with van der Waals surface area (Å²) in [4.78, 5) is 51.5. The molecule has 0 saturated heterocycles. The maximum Gasteiger partial charge on any atom is 0.242 e. The van der Waals surface area contributed by atoms with Gasteiger partial charge in [-0.3, -0.25) is 24.6 Å². The highest BCUT2D eigenvalue weighted by molar-refractivity contribution is 6.53. The Bertz CT molecular complexity index is 1500. The average molecular weight is 710 g/mol. The van der Waals surface area contributed by atoms with Gasteiger partial charge in [-0.15, -0.1) is 0 Å². The van der Waals surface area contributed by atoms with Gasteiger partial charge in [0, 0.05) is 44.0 Å². The topological polar surface area (TPSA) is 207 Å². The number of hydrazone groups is 1. The van der Waals surface area contributed by atoms with Crippen molar-refractivity contribution in [1.29, 1.82) is 5.41 Å². The lowest BCUT2D eigenvalue weighted by molar-refractivity contribution is -0.130. The Morgan fingerprint density at radius 3 is 2.02 bits per heavy atom. The van der Waals surface area contributed by atoms with Gasteiger partial charge in [-0.1, -0.05) is 56.3 Å². The number of rotatable bonds is 21. The summed E-state index contributed by atoms with van der Waals surface area (Å²) in [6.45, 7) is 6.94. The fraction of sp³-hybridized carbons (Fsp3) is 0.500. The molecule has 1 aliphatic rings. The van der Waals surface area contributed by atoms with Gasteiger partial charge in [0.1, 0.15) is 11.8 Å². The molecule has 1 aliphatic heterocycles. The van der Waals surface area contributed by atoms with Gasteiger partial charge in [-0.05, 0) is 17.5 Å². The number of benzene rings is 2. The van der Waals surface area contributed by atoms with E-state index >= 15 is 0 Å². The van der Waals surface area contributed by atoms with E-state index in [4.69, 9.17) is 30.2 Å². The van der Waals surface area contributed by atoms with Crippen LogP contribution in [0.4, 0.5) is 5.69 Å². The van der Waals surface area contributed by atoms with Gasteiger partial charge >= 0.3 is 0 Å². The molecule has 278 valence electrons. The number of nitrogens with two attached hydrogens (primary N) is 1. The monoisotopic (exact) mass is 709 g/mol. The van der Waals surface area contributed by atoms with Gasteiger partial charge in [0.15, 0.2) is 0 Å². The largest absolute Gasteiger partial charge is 0.379 e. The molecule has 0 fully saturated rings. The number of amides is 4. The number of carbonyl (C=O) groups is 4. The van der Waals surface area contributed by atoms with Crippen molar-refractivity contribution in [1.82, 2.24) is 16.0 Å². The maximum atomic E-state index is 13.5. The number of likely N-dealkylation sites (N-methyl/N-ethyl adjacent to an activating group) is 1. The van der Waals surface area contributed by atoms with Gasteiger partial charge in [0.25, 0.3) is 0 Å². The standard InChI is InChI=1S/C36H51N7O8/c1-25(2)34(36(47)39-3)41-31(45)14-16-48-18-20-50-22-23-51-21-19-49-17-15-40-30(44)12-13-32(46)43-24-26-8-4-5-9-27(26)33(37)35(42-38)28-10-6-7-11-29(28)43/h4-11,25,34,37H,12-24,38H2,1-3H3,(H,39,47)(H,40,44)(H,41,45)/t34-/m0/s1. The first-order valence-corrected chi connectivity index (χ1v) is 17.1. The third-order valence-corrected chi connectivity index (χ3v) is 7.97. The highest BCUT2D eigenvalue weighted by Gasteiger charge is 2.28. The normalized spacial score (nSPS) is 13.9. The number of fused-ring (bicyclic) bond motifs is 2. The summed E-state index contributed by atoms with van der Waals surface area (Å²) >= 11 is 0. The highest BCUT2D eigenvalue weighted by atomic mass is 16.6. The Morgan fingerprint density at radius 1 is 0.804 bits per heavy atom. The average Bonchev–Trinajstić information content (AvgIpc) is 3.13. The van der Waals surface area contributed by atoms with Crippen LogP contribution >= 0.6 is 0 Å². The van der Waals surface area contributed by atoms with Crippen molar-refractivity contribution in [2.24, 2.45) is 16.9 Å². The van der Waals surface area contributed by atoms with Crippen LogP contribution in [0.5, 0.6) is 0 Å². The molecule has 51 heavy (non-hydrogen) atoms. The second-order valence-corrected chi connectivity index (χ2v) is 12.0. The van der Waals surface area contributed by atoms with E-state index in [2.05, 4.69) is 21.1 Å². The molecule has 3 rings (SSSR count). The second-order valence-electron chi connectivity index (χ2n) is 12.0. The summed E-state index contributed by atoms with van der Waals surface area (Å²) in [6.07, 6.45) is 0.153. The second kappa shape index (κ2) is 22.2. The van der Waals surface area contributed by atoms with Gasteiger partial charge in [-0.2, -0.15) is 5.10 Å². The predicted molar refractivity (Wildman–Crippen MR) is 193 cm³/mol. The molecule has 0 unspecified atom stereocenters. The van der Waals surface area contributed by atoms with Crippen LogP contribution in [0.1, 0.15) is 49.8 Å². The summed E-state index contributed by atoms with van der Waals surface area (Å²) in [5.41, 5.74) is 3.05.